The van der Waals surface area contributed by atoms with Gasteiger partial charge >= 0.3 is 0 Å². The molecule has 128 valence electrons. The highest BCUT2D eigenvalue weighted by Gasteiger charge is 2.31. The summed E-state index contributed by atoms with van der Waals surface area (Å²) in [6.07, 6.45) is 4.78. The lowest BCUT2D eigenvalue weighted by atomic mass is 10.2. The maximum Gasteiger partial charge on any atom is 0.244 e. The van der Waals surface area contributed by atoms with Crippen molar-refractivity contribution in [2.75, 3.05) is 10.6 Å². The first-order valence-corrected chi connectivity index (χ1v) is 9.49. The molecule has 2 aromatic rings. The molecule has 1 N–H and O–H groups in total. The Morgan fingerprint density at radius 1 is 1.21 bits per heavy atom. The maximum absolute atomic E-state index is 12.6. The average molecular weight is 347 g/mol. The lowest BCUT2D eigenvalue weighted by Crippen LogP contribution is -2.49. The van der Waals surface area contributed by atoms with Crippen molar-refractivity contribution < 1.29 is 13.2 Å². The average Bonchev–Trinajstić information content (AvgIpc) is 2.58. The number of sulfonamides is 1. The van der Waals surface area contributed by atoms with Gasteiger partial charge in [-0.3, -0.25) is 14.1 Å². The summed E-state index contributed by atoms with van der Waals surface area (Å²) < 4.78 is 25.7. The molecule has 1 atom stereocenters. The van der Waals surface area contributed by atoms with Crippen LogP contribution in [0, 0.1) is 0 Å². The van der Waals surface area contributed by atoms with Gasteiger partial charge in [0, 0.05) is 18.9 Å². The Morgan fingerprint density at radius 2 is 1.92 bits per heavy atom. The third kappa shape index (κ3) is 4.55. The van der Waals surface area contributed by atoms with E-state index in [1.54, 1.807) is 55.7 Å². The molecule has 24 heavy (non-hydrogen) atoms. The first-order valence-electron chi connectivity index (χ1n) is 7.64. The van der Waals surface area contributed by atoms with Crippen molar-refractivity contribution in [2.45, 2.75) is 25.9 Å². The Hall–Kier alpha value is -2.41. The van der Waals surface area contributed by atoms with E-state index in [2.05, 4.69) is 10.3 Å². The summed E-state index contributed by atoms with van der Waals surface area (Å²) in [6.45, 7) is 2.09. The summed E-state index contributed by atoms with van der Waals surface area (Å²) in [5.74, 6) is -0.337. The van der Waals surface area contributed by atoms with Crippen LogP contribution in [0.25, 0.3) is 0 Å². The van der Waals surface area contributed by atoms with Gasteiger partial charge < -0.3 is 5.32 Å². The van der Waals surface area contributed by atoms with E-state index in [0.717, 1.165) is 11.8 Å². The second-order valence-corrected chi connectivity index (χ2v) is 7.26. The highest BCUT2D eigenvalue weighted by molar-refractivity contribution is 7.92. The van der Waals surface area contributed by atoms with Gasteiger partial charge in [-0.25, -0.2) is 8.42 Å². The number of anilines is 1. The van der Waals surface area contributed by atoms with Crippen LogP contribution in [0.4, 0.5) is 5.69 Å². The zero-order valence-corrected chi connectivity index (χ0v) is 14.5. The summed E-state index contributed by atoms with van der Waals surface area (Å²) >= 11 is 0. The third-order valence-electron chi connectivity index (χ3n) is 3.53. The molecule has 1 amide bonds. The van der Waals surface area contributed by atoms with E-state index in [-0.39, 0.29) is 5.91 Å². The first kappa shape index (κ1) is 17.9. The van der Waals surface area contributed by atoms with E-state index < -0.39 is 16.1 Å². The molecule has 0 saturated heterocycles. The number of nitrogens with zero attached hydrogens (tertiary/aromatic N) is 2. The third-order valence-corrected chi connectivity index (χ3v) is 4.71. The Kier molecular flexibility index (Phi) is 5.92. The number of benzene rings is 1. The van der Waals surface area contributed by atoms with Crippen molar-refractivity contribution in [1.29, 1.82) is 0 Å². The normalized spacial score (nSPS) is 12.4. The number of carbonyl (C=O) groups excluding carboxylic acids is 1. The van der Waals surface area contributed by atoms with Crippen molar-refractivity contribution in [3.63, 3.8) is 0 Å². The molecule has 0 unspecified atom stereocenters. The first-order chi connectivity index (χ1) is 11.4. The number of aromatic nitrogens is 1. The summed E-state index contributed by atoms with van der Waals surface area (Å²) in [6, 6.07) is 11.5. The molecule has 7 heteroatoms. The fourth-order valence-electron chi connectivity index (χ4n) is 2.44. The highest BCUT2D eigenvalue weighted by atomic mass is 32.2. The van der Waals surface area contributed by atoms with Gasteiger partial charge in [-0.05, 0) is 30.2 Å². The van der Waals surface area contributed by atoms with Gasteiger partial charge in [-0.2, -0.15) is 0 Å². The molecule has 0 aliphatic rings. The van der Waals surface area contributed by atoms with Crippen LogP contribution in [0.5, 0.6) is 0 Å². The van der Waals surface area contributed by atoms with Gasteiger partial charge in [0.25, 0.3) is 0 Å². The molecular weight excluding hydrogens is 326 g/mol. The molecule has 1 heterocycles. The van der Waals surface area contributed by atoms with E-state index in [1.807, 2.05) is 6.07 Å². The second-order valence-electron chi connectivity index (χ2n) is 5.40. The quantitative estimate of drug-likeness (QED) is 0.830. The smallest absolute Gasteiger partial charge is 0.244 e. The number of rotatable bonds is 7. The van der Waals surface area contributed by atoms with Crippen LogP contribution in [0.15, 0.2) is 54.9 Å². The molecule has 1 aromatic heterocycles. The van der Waals surface area contributed by atoms with Crippen molar-refractivity contribution in [1.82, 2.24) is 10.3 Å². The lowest BCUT2D eigenvalue weighted by molar-refractivity contribution is -0.122. The Morgan fingerprint density at radius 3 is 2.46 bits per heavy atom. The molecule has 0 bridgehead atoms. The van der Waals surface area contributed by atoms with Crippen molar-refractivity contribution in [3.05, 3.63) is 60.4 Å². The number of amides is 1. The van der Waals surface area contributed by atoms with E-state index in [4.69, 9.17) is 0 Å². The standard InChI is InChI=1S/C17H21N3O3S/c1-3-16(17(21)19-13-14-8-7-11-18-12-14)20(24(2,22)23)15-9-5-4-6-10-15/h4-12,16H,3,13H2,1-2H3,(H,19,21)/t16-/m1/s1. The van der Waals surface area contributed by atoms with E-state index >= 15 is 0 Å². The van der Waals surface area contributed by atoms with E-state index in [1.165, 1.54) is 4.31 Å². The number of hydrogen-bond acceptors (Lipinski definition) is 4. The van der Waals surface area contributed by atoms with Crippen LogP contribution in [0.3, 0.4) is 0 Å². The Labute approximate surface area is 142 Å². The van der Waals surface area contributed by atoms with Gasteiger partial charge in [-0.1, -0.05) is 31.2 Å². The molecule has 0 aliphatic carbocycles. The highest BCUT2D eigenvalue weighted by Crippen LogP contribution is 2.22. The number of para-hydroxylation sites is 1. The predicted molar refractivity (Wildman–Crippen MR) is 93.9 cm³/mol. The minimum Gasteiger partial charge on any atom is -0.350 e. The van der Waals surface area contributed by atoms with Crippen LogP contribution >= 0.6 is 0 Å². The molecule has 0 fully saturated rings. The van der Waals surface area contributed by atoms with Gasteiger partial charge in [-0.15, -0.1) is 0 Å². The van der Waals surface area contributed by atoms with Crippen molar-refractivity contribution in [2.24, 2.45) is 0 Å². The van der Waals surface area contributed by atoms with Crippen molar-refractivity contribution >= 4 is 21.6 Å². The van der Waals surface area contributed by atoms with E-state index in [9.17, 15) is 13.2 Å². The summed E-state index contributed by atoms with van der Waals surface area (Å²) in [4.78, 5) is 16.6. The fraction of sp³-hybridized carbons (Fsp3) is 0.294. The molecule has 0 saturated carbocycles. The zero-order chi connectivity index (χ0) is 17.6. The molecule has 6 nitrogen and oxygen atoms in total. The van der Waals surface area contributed by atoms with Crippen LogP contribution in [-0.4, -0.2) is 31.6 Å². The zero-order valence-electron chi connectivity index (χ0n) is 13.7. The van der Waals surface area contributed by atoms with Crippen LogP contribution in [-0.2, 0) is 21.4 Å². The molecule has 0 radical (unpaired) electrons. The second kappa shape index (κ2) is 7.92. The number of hydrogen-bond donors (Lipinski definition) is 1. The molecule has 1 aromatic carbocycles. The van der Waals surface area contributed by atoms with Crippen LogP contribution < -0.4 is 9.62 Å². The number of pyridine rings is 1. The van der Waals surface area contributed by atoms with Gasteiger partial charge in [0.05, 0.1) is 11.9 Å². The maximum atomic E-state index is 12.6. The SMILES string of the molecule is CC[C@H](C(=O)NCc1cccnc1)N(c1ccccc1)S(C)(=O)=O. The topological polar surface area (TPSA) is 79.4 Å². The molecule has 0 spiro atoms. The lowest BCUT2D eigenvalue weighted by Gasteiger charge is -2.30. The van der Waals surface area contributed by atoms with Gasteiger partial charge in [0.1, 0.15) is 6.04 Å². The molecule has 2 rings (SSSR count). The van der Waals surface area contributed by atoms with Crippen molar-refractivity contribution in [3.8, 4) is 0 Å². The molecular formula is C17H21N3O3S. The Balaban J connectivity index is 2.21. The van der Waals surface area contributed by atoms with E-state index in [0.29, 0.717) is 18.7 Å². The Bertz CT molecular complexity index is 764. The predicted octanol–water partition coefficient (Wildman–Crippen LogP) is 1.94. The van der Waals surface area contributed by atoms with Crippen LogP contribution in [0.1, 0.15) is 18.9 Å². The minimum absolute atomic E-state index is 0.301. The van der Waals surface area contributed by atoms with Gasteiger partial charge in [0.2, 0.25) is 15.9 Å². The summed E-state index contributed by atoms with van der Waals surface area (Å²) in [5.41, 5.74) is 1.33. The summed E-state index contributed by atoms with van der Waals surface area (Å²) in [5, 5.41) is 2.79. The largest absolute Gasteiger partial charge is 0.350 e. The number of carbonyl (C=O) groups is 1. The fourth-order valence-corrected chi connectivity index (χ4v) is 3.66. The molecule has 0 aliphatic heterocycles. The summed E-state index contributed by atoms with van der Waals surface area (Å²) in [7, 11) is -3.60. The van der Waals surface area contributed by atoms with Crippen LogP contribution in [0.2, 0.25) is 0 Å². The minimum atomic E-state index is -3.60. The van der Waals surface area contributed by atoms with Gasteiger partial charge in [0.15, 0.2) is 0 Å². The monoisotopic (exact) mass is 347 g/mol. The number of nitrogens with one attached hydrogen (secondary N) is 1.